The fraction of sp³-hybridized carbons (Fsp3) is 0.750. The van der Waals surface area contributed by atoms with Crippen molar-refractivity contribution in [2.45, 2.75) is 6.92 Å². The van der Waals surface area contributed by atoms with E-state index in [9.17, 15) is 4.21 Å². The molecule has 0 saturated carbocycles. The maximum absolute atomic E-state index is 10.0. The predicted octanol–water partition coefficient (Wildman–Crippen LogP) is -0.392. The van der Waals surface area contributed by atoms with E-state index < -0.39 is 11.3 Å². The molecule has 0 aliphatic heterocycles. The average molecular weight is 165 g/mol. The van der Waals surface area contributed by atoms with Crippen LogP contribution in [0, 0.1) is 0 Å². The largest absolute Gasteiger partial charge is 0.294 e. The van der Waals surface area contributed by atoms with Gasteiger partial charge in [-0.15, -0.1) is 0 Å². The van der Waals surface area contributed by atoms with Crippen LogP contribution in [0.5, 0.6) is 0 Å². The zero-order valence-electron chi connectivity index (χ0n) is 5.94. The van der Waals surface area contributed by atoms with E-state index in [1.807, 2.05) is 0 Å². The molecule has 1 atom stereocenters. The van der Waals surface area contributed by atoms with Crippen LogP contribution in [-0.2, 0) is 11.3 Å². The topological polar surface area (TPSA) is 64.9 Å². The third-order valence-electron chi connectivity index (χ3n) is 0.729. The van der Waals surface area contributed by atoms with Gasteiger partial charge in [0.05, 0.1) is 6.67 Å². The van der Waals surface area contributed by atoms with Crippen molar-refractivity contribution in [3.05, 3.63) is 0 Å². The van der Waals surface area contributed by atoms with Gasteiger partial charge in [-0.1, -0.05) is 0 Å². The van der Waals surface area contributed by atoms with Gasteiger partial charge in [-0.25, -0.2) is 4.21 Å². The quantitative estimate of drug-likeness (QED) is 0.258. The fourth-order valence-electron chi connectivity index (χ4n) is 0.387. The van der Waals surface area contributed by atoms with Crippen LogP contribution in [0.25, 0.3) is 0 Å². The number of hydrazone groups is 1. The van der Waals surface area contributed by atoms with Gasteiger partial charge in [0.1, 0.15) is 0 Å². The van der Waals surface area contributed by atoms with E-state index >= 15 is 0 Å². The lowest BCUT2D eigenvalue weighted by Gasteiger charge is -2.10. The summed E-state index contributed by atoms with van der Waals surface area (Å²) in [4.78, 5) is 0. The van der Waals surface area contributed by atoms with Crippen molar-refractivity contribution in [2.75, 3.05) is 13.7 Å². The molecule has 0 saturated heterocycles. The first kappa shape index (κ1) is 9.54. The van der Waals surface area contributed by atoms with Gasteiger partial charge in [0.25, 0.3) is 0 Å². The van der Waals surface area contributed by atoms with E-state index in [4.69, 9.17) is 4.55 Å². The standard InChI is InChI=1S/C4H11N3O2S/c1-3-5-7(2)4-6-10(8)9/h3,6H,4H2,1-2H3,(H,8,9)/b5-3-. The van der Waals surface area contributed by atoms with Crippen LogP contribution in [0.15, 0.2) is 5.10 Å². The molecule has 2 N–H and O–H groups in total. The zero-order chi connectivity index (χ0) is 7.98. The summed E-state index contributed by atoms with van der Waals surface area (Å²) in [5.41, 5.74) is 0. The molecule has 0 fully saturated rings. The number of nitrogens with zero attached hydrogens (tertiary/aromatic N) is 2. The van der Waals surface area contributed by atoms with Gasteiger partial charge in [0, 0.05) is 13.3 Å². The van der Waals surface area contributed by atoms with E-state index in [1.165, 1.54) is 5.01 Å². The van der Waals surface area contributed by atoms with Gasteiger partial charge in [-0.2, -0.15) is 9.82 Å². The third-order valence-corrected chi connectivity index (χ3v) is 1.11. The van der Waals surface area contributed by atoms with Crippen molar-refractivity contribution in [3.8, 4) is 0 Å². The van der Waals surface area contributed by atoms with Crippen LogP contribution in [0.3, 0.4) is 0 Å². The van der Waals surface area contributed by atoms with Crippen molar-refractivity contribution in [1.29, 1.82) is 0 Å². The molecule has 5 nitrogen and oxygen atoms in total. The lowest BCUT2D eigenvalue weighted by atomic mass is 10.9. The van der Waals surface area contributed by atoms with Crippen LogP contribution in [0.2, 0.25) is 0 Å². The molecule has 1 unspecified atom stereocenters. The number of rotatable bonds is 4. The highest BCUT2D eigenvalue weighted by Gasteiger charge is 1.92. The first-order valence-corrected chi connectivity index (χ1v) is 3.81. The van der Waals surface area contributed by atoms with Crippen molar-refractivity contribution in [2.24, 2.45) is 5.10 Å². The molecule has 10 heavy (non-hydrogen) atoms. The van der Waals surface area contributed by atoms with Crippen LogP contribution in [-0.4, -0.2) is 33.7 Å². The van der Waals surface area contributed by atoms with Gasteiger partial charge in [0.15, 0.2) is 0 Å². The van der Waals surface area contributed by atoms with E-state index in [0.717, 1.165) is 0 Å². The Morgan fingerprint density at radius 1 is 1.90 bits per heavy atom. The molecule has 0 rings (SSSR count). The average Bonchev–Trinajstić information content (AvgIpc) is 1.85. The molecular weight excluding hydrogens is 154 g/mol. The number of nitrogens with one attached hydrogen (secondary N) is 1. The SMILES string of the molecule is C/C=N\N(C)CNS(=O)O. The summed E-state index contributed by atoms with van der Waals surface area (Å²) in [5.74, 6) is 0. The maximum atomic E-state index is 10.0. The Bertz CT molecular complexity index is 138. The Balaban J connectivity index is 3.39. The summed E-state index contributed by atoms with van der Waals surface area (Å²) < 4.78 is 20.6. The minimum atomic E-state index is -1.96. The fourth-order valence-corrected chi connectivity index (χ4v) is 0.684. The predicted molar refractivity (Wildman–Crippen MR) is 40.7 cm³/mol. The summed E-state index contributed by atoms with van der Waals surface area (Å²) in [6.07, 6.45) is 1.60. The molecule has 0 bridgehead atoms. The van der Waals surface area contributed by atoms with Gasteiger partial charge < -0.3 is 0 Å². The van der Waals surface area contributed by atoms with Crippen LogP contribution >= 0.6 is 0 Å². The molecule has 60 valence electrons. The molecule has 0 aliphatic rings. The van der Waals surface area contributed by atoms with Crippen LogP contribution in [0.1, 0.15) is 6.92 Å². The highest BCUT2D eigenvalue weighted by molar-refractivity contribution is 7.77. The minimum absolute atomic E-state index is 0.257. The van der Waals surface area contributed by atoms with Gasteiger partial charge >= 0.3 is 0 Å². The third kappa shape index (κ3) is 5.67. The second-order valence-corrected chi connectivity index (χ2v) is 2.37. The monoisotopic (exact) mass is 165 g/mol. The summed E-state index contributed by atoms with van der Waals surface area (Å²) in [6, 6.07) is 0. The Morgan fingerprint density at radius 3 is 2.90 bits per heavy atom. The Hall–Kier alpha value is -0.460. The van der Waals surface area contributed by atoms with Crippen LogP contribution < -0.4 is 4.72 Å². The zero-order valence-corrected chi connectivity index (χ0v) is 6.76. The highest BCUT2D eigenvalue weighted by Crippen LogP contribution is 1.77. The summed E-state index contributed by atoms with van der Waals surface area (Å²) in [6.45, 7) is 2.03. The normalized spacial score (nSPS) is 13.9. The van der Waals surface area contributed by atoms with Gasteiger partial charge in [-0.3, -0.25) is 9.56 Å². The lowest BCUT2D eigenvalue weighted by Crippen LogP contribution is -2.28. The van der Waals surface area contributed by atoms with Crippen molar-refractivity contribution < 1.29 is 8.76 Å². The summed E-state index contributed by atoms with van der Waals surface area (Å²) >= 11 is -1.96. The maximum Gasteiger partial charge on any atom is 0.233 e. The first-order chi connectivity index (χ1) is 4.66. The Morgan fingerprint density at radius 2 is 2.50 bits per heavy atom. The molecule has 0 radical (unpaired) electrons. The van der Waals surface area contributed by atoms with E-state index in [1.54, 1.807) is 20.2 Å². The molecule has 0 aliphatic carbocycles. The molecule has 0 aromatic rings. The first-order valence-electron chi connectivity index (χ1n) is 2.71. The molecule has 0 amide bonds. The lowest BCUT2D eigenvalue weighted by molar-refractivity contribution is 0.348. The minimum Gasteiger partial charge on any atom is -0.294 e. The molecule has 0 aromatic heterocycles. The van der Waals surface area contributed by atoms with Gasteiger partial charge in [0.2, 0.25) is 11.3 Å². The Kier molecular flexibility index (Phi) is 5.09. The highest BCUT2D eigenvalue weighted by atomic mass is 32.2. The number of hydrogen-bond acceptors (Lipinski definition) is 3. The Labute approximate surface area is 62.5 Å². The molecule has 0 spiro atoms. The van der Waals surface area contributed by atoms with Crippen molar-refractivity contribution >= 4 is 17.5 Å². The van der Waals surface area contributed by atoms with Gasteiger partial charge in [-0.05, 0) is 6.92 Å². The molecule has 6 heteroatoms. The molecular formula is C4H11N3O2S. The number of hydrogen-bond donors (Lipinski definition) is 2. The van der Waals surface area contributed by atoms with Crippen molar-refractivity contribution in [3.63, 3.8) is 0 Å². The van der Waals surface area contributed by atoms with E-state index in [2.05, 4.69) is 9.82 Å². The van der Waals surface area contributed by atoms with Crippen molar-refractivity contribution in [1.82, 2.24) is 9.73 Å². The second kappa shape index (κ2) is 5.33. The second-order valence-electron chi connectivity index (χ2n) is 1.58. The summed E-state index contributed by atoms with van der Waals surface area (Å²) in [7, 11) is 1.69. The molecule has 0 aromatic carbocycles. The summed E-state index contributed by atoms with van der Waals surface area (Å²) in [5, 5.41) is 5.30. The van der Waals surface area contributed by atoms with Crippen LogP contribution in [0.4, 0.5) is 0 Å². The van der Waals surface area contributed by atoms with E-state index in [-0.39, 0.29) is 6.67 Å². The van der Waals surface area contributed by atoms with E-state index in [0.29, 0.717) is 0 Å². The smallest absolute Gasteiger partial charge is 0.233 e. The molecule has 0 heterocycles.